The average molecular weight is 238 g/mol. The summed E-state index contributed by atoms with van der Waals surface area (Å²) in [6.07, 6.45) is 3.25. The van der Waals surface area contributed by atoms with E-state index in [9.17, 15) is 0 Å². The molecule has 0 amide bonds. The van der Waals surface area contributed by atoms with Gasteiger partial charge in [-0.2, -0.15) is 10.2 Å². The van der Waals surface area contributed by atoms with E-state index >= 15 is 0 Å². The first-order chi connectivity index (χ1) is 8.74. The standard InChI is InChI=1S/C14H14N4/c1-11-5-3-7-13(17-11)9-15-16-10-14-8-4-6-12(2)18-14/h3-10H,1-2H3/b15-9+,16-10+. The van der Waals surface area contributed by atoms with Crippen LogP contribution in [0.3, 0.4) is 0 Å². The van der Waals surface area contributed by atoms with Crippen molar-refractivity contribution in [1.82, 2.24) is 9.97 Å². The van der Waals surface area contributed by atoms with Crippen molar-refractivity contribution >= 4 is 12.4 Å². The number of hydrogen-bond acceptors (Lipinski definition) is 4. The summed E-state index contributed by atoms with van der Waals surface area (Å²) >= 11 is 0. The van der Waals surface area contributed by atoms with Crippen molar-refractivity contribution in [3.05, 3.63) is 59.2 Å². The smallest absolute Gasteiger partial charge is 0.0834 e. The Kier molecular flexibility index (Phi) is 3.91. The van der Waals surface area contributed by atoms with Gasteiger partial charge in [0, 0.05) is 11.4 Å². The molecule has 0 saturated carbocycles. The Morgan fingerprint density at radius 3 is 1.61 bits per heavy atom. The lowest BCUT2D eigenvalue weighted by Gasteiger charge is -1.93. The molecule has 0 bridgehead atoms. The number of nitrogens with zero attached hydrogens (tertiary/aromatic N) is 4. The third-order valence-electron chi connectivity index (χ3n) is 2.27. The molecule has 90 valence electrons. The fraction of sp³-hybridized carbons (Fsp3) is 0.143. The molecule has 0 aliphatic carbocycles. The zero-order chi connectivity index (χ0) is 12.8. The summed E-state index contributed by atoms with van der Waals surface area (Å²) < 4.78 is 0. The lowest BCUT2D eigenvalue weighted by Crippen LogP contribution is -1.90. The van der Waals surface area contributed by atoms with E-state index in [1.165, 1.54) is 0 Å². The second-order valence-corrected chi connectivity index (χ2v) is 3.90. The topological polar surface area (TPSA) is 50.5 Å². The molecule has 4 nitrogen and oxygen atoms in total. The summed E-state index contributed by atoms with van der Waals surface area (Å²) in [5.41, 5.74) is 3.51. The molecule has 0 spiro atoms. The van der Waals surface area contributed by atoms with Crippen molar-refractivity contribution in [3.63, 3.8) is 0 Å². The molecule has 4 heteroatoms. The van der Waals surface area contributed by atoms with Gasteiger partial charge in [-0.1, -0.05) is 12.1 Å². The monoisotopic (exact) mass is 238 g/mol. The lowest BCUT2D eigenvalue weighted by molar-refractivity contribution is 1.16. The quantitative estimate of drug-likeness (QED) is 0.609. The van der Waals surface area contributed by atoms with Gasteiger partial charge in [-0.15, -0.1) is 0 Å². The van der Waals surface area contributed by atoms with Gasteiger partial charge >= 0.3 is 0 Å². The first-order valence-corrected chi connectivity index (χ1v) is 5.68. The van der Waals surface area contributed by atoms with Gasteiger partial charge in [0.1, 0.15) is 0 Å². The maximum Gasteiger partial charge on any atom is 0.0834 e. The van der Waals surface area contributed by atoms with Gasteiger partial charge < -0.3 is 0 Å². The van der Waals surface area contributed by atoms with Crippen LogP contribution in [0.25, 0.3) is 0 Å². The molecule has 0 N–H and O–H groups in total. The van der Waals surface area contributed by atoms with E-state index < -0.39 is 0 Å². The number of aromatic nitrogens is 2. The second kappa shape index (κ2) is 5.82. The zero-order valence-electron chi connectivity index (χ0n) is 10.4. The highest BCUT2D eigenvalue weighted by atomic mass is 15.2. The van der Waals surface area contributed by atoms with Crippen LogP contribution in [0.2, 0.25) is 0 Å². The minimum absolute atomic E-state index is 0.796. The van der Waals surface area contributed by atoms with Crippen molar-refractivity contribution in [2.75, 3.05) is 0 Å². The Balaban J connectivity index is 2.03. The molecule has 0 atom stereocenters. The van der Waals surface area contributed by atoms with Crippen molar-refractivity contribution in [2.24, 2.45) is 10.2 Å². The third-order valence-corrected chi connectivity index (χ3v) is 2.27. The Labute approximate surface area is 106 Å². The zero-order valence-corrected chi connectivity index (χ0v) is 10.4. The summed E-state index contributed by atoms with van der Waals surface area (Å²) in [5.74, 6) is 0. The van der Waals surface area contributed by atoms with E-state index in [-0.39, 0.29) is 0 Å². The molecule has 2 heterocycles. The molecule has 0 saturated heterocycles. The van der Waals surface area contributed by atoms with Crippen LogP contribution in [0.15, 0.2) is 46.6 Å². The number of hydrogen-bond donors (Lipinski definition) is 0. The highest BCUT2D eigenvalue weighted by molar-refractivity contribution is 5.80. The van der Waals surface area contributed by atoms with Crippen LogP contribution in [0.1, 0.15) is 22.8 Å². The second-order valence-electron chi connectivity index (χ2n) is 3.90. The van der Waals surface area contributed by atoms with Crippen molar-refractivity contribution in [3.8, 4) is 0 Å². The van der Waals surface area contributed by atoms with Crippen LogP contribution < -0.4 is 0 Å². The average Bonchev–Trinajstić information content (AvgIpc) is 2.35. The fourth-order valence-electron chi connectivity index (χ4n) is 1.46. The van der Waals surface area contributed by atoms with Gasteiger partial charge in [0.25, 0.3) is 0 Å². The summed E-state index contributed by atoms with van der Waals surface area (Å²) in [6, 6.07) is 11.5. The highest BCUT2D eigenvalue weighted by Crippen LogP contribution is 1.96. The van der Waals surface area contributed by atoms with Crippen LogP contribution in [0.4, 0.5) is 0 Å². The normalized spacial score (nSPS) is 11.4. The van der Waals surface area contributed by atoms with Crippen molar-refractivity contribution in [2.45, 2.75) is 13.8 Å². The molecule has 2 aromatic rings. The highest BCUT2D eigenvalue weighted by Gasteiger charge is 1.90. The maximum absolute atomic E-state index is 4.29. The fourth-order valence-corrected chi connectivity index (χ4v) is 1.46. The molecular formula is C14H14N4. The molecule has 0 aromatic carbocycles. The molecule has 2 rings (SSSR count). The van der Waals surface area contributed by atoms with Gasteiger partial charge in [0.2, 0.25) is 0 Å². The minimum Gasteiger partial charge on any atom is -0.252 e. The number of rotatable bonds is 3. The molecule has 0 aliphatic heterocycles. The Morgan fingerprint density at radius 2 is 1.22 bits per heavy atom. The van der Waals surface area contributed by atoms with E-state index in [1.54, 1.807) is 12.4 Å². The van der Waals surface area contributed by atoms with E-state index in [1.807, 2.05) is 50.2 Å². The van der Waals surface area contributed by atoms with Crippen LogP contribution in [0, 0.1) is 13.8 Å². The van der Waals surface area contributed by atoms with E-state index in [0.717, 1.165) is 22.8 Å². The van der Waals surface area contributed by atoms with E-state index in [4.69, 9.17) is 0 Å². The third kappa shape index (κ3) is 3.59. The Morgan fingerprint density at radius 1 is 0.778 bits per heavy atom. The predicted molar refractivity (Wildman–Crippen MR) is 73.1 cm³/mol. The first-order valence-electron chi connectivity index (χ1n) is 5.68. The number of pyridine rings is 2. The SMILES string of the molecule is Cc1cccc(/C=N/N=C/c2cccc(C)n2)n1. The van der Waals surface area contributed by atoms with Gasteiger partial charge in [-0.25, -0.2) is 0 Å². The van der Waals surface area contributed by atoms with Crippen LogP contribution in [0.5, 0.6) is 0 Å². The molecule has 2 aromatic heterocycles. The predicted octanol–water partition coefficient (Wildman–Crippen LogP) is 2.55. The molecule has 0 fully saturated rings. The molecule has 0 radical (unpaired) electrons. The van der Waals surface area contributed by atoms with Crippen molar-refractivity contribution < 1.29 is 0 Å². The molecule has 18 heavy (non-hydrogen) atoms. The van der Waals surface area contributed by atoms with Crippen LogP contribution in [-0.2, 0) is 0 Å². The molecule has 0 unspecified atom stereocenters. The largest absolute Gasteiger partial charge is 0.252 e. The molecule has 0 aliphatic rings. The first kappa shape index (κ1) is 12.1. The Hall–Kier alpha value is -2.36. The maximum atomic E-state index is 4.29. The Bertz CT molecular complexity index is 534. The van der Waals surface area contributed by atoms with Crippen LogP contribution in [-0.4, -0.2) is 22.4 Å². The van der Waals surface area contributed by atoms with Crippen molar-refractivity contribution in [1.29, 1.82) is 0 Å². The van der Waals surface area contributed by atoms with E-state index in [2.05, 4.69) is 20.2 Å². The summed E-state index contributed by atoms with van der Waals surface area (Å²) in [7, 11) is 0. The summed E-state index contributed by atoms with van der Waals surface area (Å²) in [4.78, 5) is 8.59. The molecular weight excluding hydrogens is 224 g/mol. The van der Waals surface area contributed by atoms with E-state index in [0.29, 0.717) is 0 Å². The van der Waals surface area contributed by atoms with Gasteiger partial charge in [0.05, 0.1) is 23.8 Å². The lowest BCUT2D eigenvalue weighted by atomic mass is 10.3. The van der Waals surface area contributed by atoms with Gasteiger partial charge in [0.15, 0.2) is 0 Å². The van der Waals surface area contributed by atoms with Gasteiger partial charge in [-0.05, 0) is 38.1 Å². The summed E-state index contributed by atoms with van der Waals surface area (Å²) in [6.45, 7) is 3.88. The number of aryl methyl sites for hydroxylation is 2. The van der Waals surface area contributed by atoms with Crippen LogP contribution >= 0.6 is 0 Å². The van der Waals surface area contributed by atoms with Gasteiger partial charge in [-0.3, -0.25) is 9.97 Å². The minimum atomic E-state index is 0.796. The summed E-state index contributed by atoms with van der Waals surface area (Å²) in [5, 5.41) is 7.90.